The van der Waals surface area contributed by atoms with E-state index in [0.29, 0.717) is 6.54 Å². The summed E-state index contributed by atoms with van der Waals surface area (Å²) < 4.78 is 25.8. The lowest BCUT2D eigenvalue weighted by atomic mass is 10.2. The smallest absolute Gasteiger partial charge is 0.293 e. The van der Waals surface area contributed by atoms with Gasteiger partial charge in [0.25, 0.3) is 5.69 Å². The molecule has 1 aromatic rings. The van der Waals surface area contributed by atoms with E-state index in [9.17, 15) is 18.5 Å². The summed E-state index contributed by atoms with van der Waals surface area (Å²) in [6.45, 7) is 3.71. The number of nitro groups is 1. The third-order valence-corrected chi connectivity index (χ3v) is 4.84. The lowest BCUT2D eigenvalue weighted by Gasteiger charge is -2.19. The van der Waals surface area contributed by atoms with E-state index in [4.69, 9.17) is 5.11 Å². The number of hydrogen-bond acceptors (Lipinski definition) is 6. The molecule has 2 N–H and O–H groups in total. The van der Waals surface area contributed by atoms with Gasteiger partial charge in [0.05, 0.1) is 16.4 Å². The molecule has 118 valence electrons. The second kappa shape index (κ2) is 7.34. The van der Waals surface area contributed by atoms with E-state index in [1.807, 2.05) is 0 Å². The van der Waals surface area contributed by atoms with Crippen LogP contribution in [0.25, 0.3) is 0 Å². The first-order valence-electron chi connectivity index (χ1n) is 6.51. The highest BCUT2D eigenvalue weighted by Crippen LogP contribution is 2.28. The van der Waals surface area contributed by atoms with Gasteiger partial charge in [0.2, 0.25) is 10.0 Å². The summed E-state index contributed by atoms with van der Waals surface area (Å²) in [4.78, 5) is 10.3. The molecule has 9 heteroatoms. The van der Waals surface area contributed by atoms with Crippen molar-refractivity contribution in [2.75, 3.05) is 31.6 Å². The summed E-state index contributed by atoms with van der Waals surface area (Å²) >= 11 is 0. The van der Waals surface area contributed by atoms with Crippen LogP contribution >= 0.6 is 0 Å². The molecule has 21 heavy (non-hydrogen) atoms. The molecule has 0 amide bonds. The Morgan fingerprint density at radius 2 is 2.05 bits per heavy atom. The van der Waals surface area contributed by atoms with Crippen molar-refractivity contribution in [1.82, 2.24) is 4.31 Å². The minimum Gasteiger partial charge on any atom is -0.395 e. The van der Waals surface area contributed by atoms with Gasteiger partial charge in [0.15, 0.2) is 0 Å². The molecule has 0 fully saturated rings. The predicted molar refractivity (Wildman–Crippen MR) is 78.8 cm³/mol. The number of benzene rings is 1. The first-order valence-corrected chi connectivity index (χ1v) is 7.95. The molecule has 0 aromatic heterocycles. The number of aliphatic hydroxyl groups is 1. The largest absolute Gasteiger partial charge is 0.395 e. The Balaban J connectivity index is 3.30. The van der Waals surface area contributed by atoms with Crippen LogP contribution in [0.4, 0.5) is 11.4 Å². The van der Waals surface area contributed by atoms with Gasteiger partial charge in [-0.2, -0.15) is 4.31 Å². The normalized spacial score (nSPS) is 11.6. The van der Waals surface area contributed by atoms with Crippen molar-refractivity contribution >= 4 is 21.4 Å². The summed E-state index contributed by atoms with van der Waals surface area (Å²) in [5.41, 5.74) is -0.0235. The van der Waals surface area contributed by atoms with Crippen molar-refractivity contribution < 1.29 is 18.4 Å². The van der Waals surface area contributed by atoms with E-state index in [1.165, 1.54) is 12.1 Å². The van der Waals surface area contributed by atoms with E-state index in [0.717, 1.165) is 10.4 Å². The van der Waals surface area contributed by atoms with Gasteiger partial charge in [-0.15, -0.1) is 0 Å². The predicted octanol–water partition coefficient (Wildman–Crippen LogP) is 1.03. The molecule has 0 bridgehead atoms. The average molecular weight is 317 g/mol. The molecule has 0 heterocycles. The van der Waals surface area contributed by atoms with Crippen LogP contribution in [0, 0.1) is 10.1 Å². The molecule has 0 saturated carbocycles. The minimum absolute atomic E-state index is 0.0540. The third kappa shape index (κ3) is 3.90. The van der Waals surface area contributed by atoms with Gasteiger partial charge >= 0.3 is 0 Å². The Kier molecular flexibility index (Phi) is 6.06. The summed E-state index contributed by atoms with van der Waals surface area (Å²) in [5, 5.41) is 22.8. The zero-order valence-electron chi connectivity index (χ0n) is 11.9. The maximum absolute atomic E-state index is 12.4. The number of nitro benzene ring substituents is 1. The van der Waals surface area contributed by atoms with Gasteiger partial charge in [-0.3, -0.25) is 10.1 Å². The number of rotatable bonds is 8. The summed E-state index contributed by atoms with van der Waals surface area (Å²) in [5.74, 6) is 0. The zero-order valence-corrected chi connectivity index (χ0v) is 12.8. The lowest BCUT2D eigenvalue weighted by Crippen LogP contribution is -2.33. The fourth-order valence-corrected chi connectivity index (χ4v) is 3.33. The van der Waals surface area contributed by atoms with Crippen LogP contribution in [0.2, 0.25) is 0 Å². The van der Waals surface area contributed by atoms with Crippen molar-refractivity contribution in [3.05, 3.63) is 28.3 Å². The first kappa shape index (κ1) is 17.3. The fraction of sp³-hybridized carbons (Fsp3) is 0.500. The van der Waals surface area contributed by atoms with E-state index >= 15 is 0 Å². The Bertz CT molecular complexity index is 603. The molecule has 1 aromatic carbocycles. The zero-order chi connectivity index (χ0) is 16.0. The van der Waals surface area contributed by atoms with Gasteiger partial charge in [0.1, 0.15) is 5.69 Å². The van der Waals surface area contributed by atoms with E-state index in [-0.39, 0.29) is 36.0 Å². The maximum Gasteiger partial charge on any atom is 0.293 e. The van der Waals surface area contributed by atoms with Crippen molar-refractivity contribution in [2.45, 2.75) is 18.7 Å². The molecular formula is C12H19N3O5S. The van der Waals surface area contributed by atoms with E-state index in [1.54, 1.807) is 13.8 Å². The second-order valence-electron chi connectivity index (χ2n) is 4.19. The molecule has 1 rings (SSSR count). The molecule has 0 aliphatic rings. The van der Waals surface area contributed by atoms with Gasteiger partial charge in [-0.25, -0.2) is 8.42 Å². The van der Waals surface area contributed by atoms with Crippen molar-refractivity contribution in [2.24, 2.45) is 0 Å². The van der Waals surface area contributed by atoms with E-state index in [2.05, 4.69) is 5.32 Å². The number of anilines is 1. The number of nitrogens with one attached hydrogen (secondary N) is 1. The van der Waals surface area contributed by atoms with Crippen LogP contribution in [-0.4, -0.2) is 49.0 Å². The van der Waals surface area contributed by atoms with Gasteiger partial charge < -0.3 is 10.4 Å². The standard InChI is InChI=1S/C12H19N3O5S/c1-3-13-11-6-5-10(9-12(11)15(17)18)21(19,20)14(4-2)7-8-16/h5-6,9,13,16H,3-4,7-8H2,1-2H3. The molecule has 0 radical (unpaired) electrons. The second-order valence-corrected chi connectivity index (χ2v) is 6.12. The van der Waals surface area contributed by atoms with Crippen LogP contribution in [0.1, 0.15) is 13.8 Å². The molecular weight excluding hydrogens is 298 g/mol. The molecule has 0 unspecified atom stereocenters. The van der Waals surface area contributed by atoms with Gasteiger partial charge in [0, 0.05) is 25.7 Å². The Morgan fingerprint density at radius 1 is 1.38 bits per heavy atom. The Morgan fingerprint density at radius 3 is 2.52 bits per heavy atom. The maximum atomic E-state index is 12.4. The Labute approximate surface area is 123 Å². The van der Waals surface area contributed by atoms with Crippen LogP contribution < -0.4 is 5.32 Å². The number of sulfonamides is 1. The summed E-state index contributed by atoms with van der Waals surface area (Å²) in [7, 11) is -3.86. The van der Waals surface area contributed by atoms with Gasteiger partial charge in [-0.1, -0.05) is 6.92 Å². The Hall–Kier alpha value is -1.71. The summed E-state index contributed by atoms with van der Waals surface area (Å²) in [6.07, 6.45) is 0. The highest BCUT2D eigenvalue weighted by molar-refractivity contribution is 7.89. The molecule has 0 aliphatic carbocycles. The van der Waals surface area contributed by atoms with Crippen LogP contribution in [-0.2, 0) is 10.0 Å². The quantitative estimate of drug-likeness (QED) is 0.547. The van der Waals surface area contributed by atoms with Crippen molar-refractivity contribution in [3.63, 3.8) is 0 Å². The minimum atomic E-state index is -3.86. The fourth-order valence-electron chi connectivity index (χ4n) is 1.87. The molecule has 0 aliphatic heterocycles. The number of hydrogen-bond donors (Lipinski definition) is 2. The molecule has 0 spiro atoms. The monoisotopic (exact) mass is 317 g/mol. The third-order valence-electron chi connectivity index (χ3n) is 2.87. The van der Waals surface area contributed by atoms with Crippen molar-refractivity contribution in [1.29, 1.82) is 0 Å². The lowest BCUT2D eigenvalue weighted by molar-refractivity contribution is -0.384. The van der Waals surface area contributed by atoms with Crippen LogP contribution in [0.15, 0.2) is 23.1 Å². The molecule has 8 nitrogen and oxygen atoms in total. The molecule has 0 saturated heterocycles. The number of nitrogens with zero attached hydrogens (tertiary/aromatic N) is 2. The SMILES string of the molecule is CCNc1ccc(S(=O)(=O)N(CC)CCO)cc1[N+](=O)[O-]. The van der Waals surface area contributed by atoms with Crippen LogP contribution in [0.3, 0.4) is 0 Å². The highest BCUT2D eigenvalue weighted by atomic mass is 32.2. The number of aliphatic hydroxyl groups excluding tert-OH is 1. The van der Waals surface area contributed by atoms with Gasteiger partial charge in [-0.05, 0) is 19.1 Å². The van der Waals surface area contributed by atoms with E-state index < -0.39 is 14.9 Å². The van der Waals surface area contributed by atoms with Crippen molar-refractivity contribution in [3.8, 4) is 0 Å². The topological polar surface area (TPSA) is 113 Å². The first-order chi connectivity index (χ1) is 9.88. The average Bonchev–Trinajstić information content (AvgIpc) is 2.44. The molecule has 0 atom stereocenters. The highest BCUT2D eigenvalue weighted by Gasteiger charge is 2.26. The van der Waals surface area contributed by atoms with Crippen LogP contribution in [0.5, 0.6) is 0 Å². The number of likely N-dealkylation sites (N-methyl/N-ethyl adjacent to an activating group) is 1. The summed E-state index contributed by atoms with van der Waals surface area (Å²) in [6, 6.07) is 3.73.